The van der Waals surface area contributed by atoms with E-state index in [1.807, 2.05) is 69.3 Å². The van der Waals surface area contributed by atoms with Gasteiger partial charge in [-0.3, -0.25) is 9.88 Å². The van der Waals surface area contributed by atoms with Crippen LogP contribution in [0.5, 0.6) is 11.5 Å². The molecule has 30 heavy (non-hydrogen) atoms. The third-order valence-corrected chi connectivity index (χ3v) is 7.78. The SMILES string of the molecule is COc1ccc(CC(Cc2ccc(OC)cc2)NC(C)(C(C)(C)C)P(=O)(O)O)cc1. The molecule has 0 aromatic heterocycles. The van der Waals surface area contributed by atoms with E-state index < -0.39 is 18.3 Å². The Morgan fingerprint density at radius 3 is 1.47 bits per heavy atom. The number of hydrogen-bond acceptors (Lipinski definition) is 4. The summed E-state index contributed by atoms with van der Waals surface area (Å²) in [5, 5.41) is 1.95. The van der Waals surface area contributed by atoms with E-state index in [0.29, 0.717) is 12.8 Å². The van der Waals surface area contributed by atoms with E-state index in [-0.39, 0.29) is 6.04 Å². The lowest BCUT2D eigenvalue weighted by Crippen LogP contribution is -2.57. The van der Waals surface area contributed by atoms with Gasteiger partial charge in [0.15, 0.2) is 0 Å². The van der Waals surface area contributed by atoms with Gasteiger partial charge in [-0.15, -0.1) is 0 Å². The molecule has 0 bridgehead atoms. The van der Waals surface area contributed by atoms with E-state index in [0.717, 1.165) is 22.6 Å². The van der Waals surface area contributed by atoms with Crippen LogP contribution in [-0.4, -0.2) is 35.3 Å². The molecule has 2 rings (SSSR count). The molecule has 0 aliphatic rings. The summed E-state index contributed by atoms with van der Waals surface area (Å²) >= 11 is 0. The molecule has 0 saturated heterocycles. The van der Waals surface area contributed by atoms with E-state index in [2.05, 4.69) is 5.32 Å². The van der Waals surface area contributed by atoms with Crippen molar-refractivity contribution in [1.82, 2.24) is 5.32 Å². The van der Waals surface area contributed by atoms with Crippen LogP contribution in [0.15, 0.2) is 48.5 Å². The fourth-order valence-corrected chi connectivity index (χ4v) is 4.63. The largest absolute Gasteiger partial charge is 0.497 e. The Labute approximate surface area is 179 Å². The topological polar surface area (TPSA) is 88.0 Å². The summed E-state index contributed by atoms with van der Waals surface area (Å²) in [4.78, 5) is 20.4. The van der Waals surface area contributed by atoms with Gasteiger partial charge in [-0.05, 0) is 60.6 Å². The van der Waals surface area contributed by atoms with Crippen molar-refractivity contribution in [2.75, 3.05) is 14.2 Å². The van der Waals surface area contributed by atoms with Crippen LogP contribution in [0.3, 0.4) is 0 Å². The molecule has 3 N–H and O–H groups in total. The molecule has 0 spiro atoms. The first kappa shape index (κ1) is 24.4. The smallest absolute Gasteiger partial charge is 0.345 e. The molecule has 2 aromatic carbocycles. The van der Waals surface area contributed by atoms with Crippen LogP contribution in [0.1, 0.15) is 38.8 Å². The van der Waals surface area contributed by atoms with Gasteiger partial charge in [-0.1, -0.05) is 45.0 Å². The molecule has 0 saturated carbocycles. The maximum Gasteiger partial charge on any atom is 0.345 e. The normalized spacial score (nSPS) is 14.4. The lowest BCUT2D eigenvalue weighted by molar-refractivity contribution is 0.173. The molecule has 6 nitrogen and oxygen atoms in total. The van der Waals surface area contributed by atoms with Crippen molar-refractivity contribution in [2.24, 2.45) is 5.41 Å². The Kier molecular flexibility index (Phi) is 7.75. The first-order chi connectivity index (χ1) is 13.9. The second kappa shape index (κ2) is 9.52. The van der Waals surface area contributed by atoms with Crippen LogP contribution < -0.4 is 14.8 Å². The molecular formula is C23H34NO5P. The van der Waals surface area contributed by atoms with Gasteiger partial charge in [-0.2, -0.15) is 0 Å². The molecule has 166 valence electrons. The van der Waals surface area contributed by atoms with Crippen LogP contribution in [0.2, 0.25) is 0 Å². The predicted molar refractivity (Wildman–Crippen MR) is 120 cm³/mol. The quantitative estimate of drug-likeness (QED) is 0.507. The van der Waals surface area contributed by atoms with Crippen LogP contribution in [0.4, 0.5) is 0 Å². The third-order valence-electron chi connectivity index (χ3n) is 5.81. The van der Waals surface area contributed by atoms with Gasteiger partial charge >= 0.3 is 7.60 Å². The summed E-state index contributed by atoms with van der Waals surface area (Å²) in [5.74, 6) is 1.54. The van der Waals surface area contributed by atoms with Crippen molar-refractivity contribution < 1.29 is 23.8 Å². The number of hydrogen-bond donors (Lipinski definition) is 3. The average Bonchev–Trinajstić information content (AvgIpc) is 2.67. The summed E-state index contributed by atoms with van der Waals surface area (Å²) < 4.78 is 23.0. The van der Waals surface area contributed by atoms with Gasteiger partial charge in [0.05, 0.1) is 14.2 Å². The third kappa shape index (κ3) is 5.86. The zero-order valence-electron chi connectivity index (χ0n) is 18.7. The summed E-state index contributed by atoms with van der Waals surface area (Å²) in [5.41, 5.74) is 1.46. The molecule has 0 heterocycles. The molecule has 0 radical (unpaired) electrons. The van der Waals surface area contributed by atoms with E-state index >= 15 is 0 Å². The highest BCUT2D eigenvalue weighted by molar-refractivity contribution is 7.53. The zero-order valence-corrected chi connectivity index (χ0v) is 19.6. The first-order valence-corrected chi connectivity index (χ1v) is 11.6. The Balaban J connectivity index is 2.36. The minimum Gasteiger partial charge on any atom is -0.497 e. The Hall–Kier alpha value is -1.85. The van der Waals surface area contributed by atoms with Gasteiger partial charge in [0.2, 0.25) is 0 Å². The molecule has 0 aliphatic heterocycles. The van der Waals surface area contributed by atoms with E-state index in [1.165, 1.54) is 0 Å². The maximum atomic E-state index is 12.5. The van der Waals surface area contributed by atoms with Gasteiger partial charge in [0.25, 0.3) is 0 Å². The van der Waals surface area contributed by atoms with E-state index in [1.54, 1.807) is 21.1 Å². The molecule has 7 heteroatoms. The fraction of sp³-hybridized carbons (Fsp3) is 0.478. The molecular weight excluding hydrogens is 401 g/mol. The van der Waals surface area contributed by atoms with Crippen LogP contribution in [0.25, 0.3) is 0 Å². The number of ether oxygens (including phenoxy) is 2. The molecule has 1 unspecified atom stereocenters. The fourth-order valence-electron chi connectivity index (χ4n) is 3.40. The molecule has 0 amide bonds. The lowest BCUT2D eigenvalue weighted by Gasteiger charge is -2.45. The minimum atomic E-state index is -4.45. The predicted octanol–water partition coefficient (Wildman–Crippen LogP) is 4.39. The number of nitrogens with one attached hydrogen (secondary N) is 1. The summed E-state index contributed by atoms with van der Waals surface area (Å²) in [6.45, 7) is 7.15. The summed E-state index contributed by atoms with van der Waals surface area (Å²) in [6, 6.07) is 15.3. The van der Waals surface area contributed by atoms with Crippen molar-refractivity contribution in [3.8, 4) is 11.5 Å². The lowest BCUT2D eigenvalue weighted by atomic mass is 9.85. The van der Waals surface area contributed by atoms with Gasteiger partial charge in [0.1, 0.15) is 16.8 Å². The summed E-state index contributed by atoms with van der Waals surface area (Å²) in [6.07, 6.45) is 1.23. The molecule has 1 atom stereocenters. The second-order valence-corrected chi connectivity index (χ2v) is 10.8. The molecule has 2 aromatic rings. The van der Waals surface area contributed by atoms with E-state index in [4.69, 9.17) is 9.47 Å². The van der Waals surface area contributed by atoms with Gasteiger partial charge in [0, 0.05) is 6.04 Å². The highest BCUT2D eigenvalue weighted by atomic mass is 31.2. The van der Waals surface area contributed by atoms with Crippen molar-refractivity contribution in [3.05, 3.63) is 59.7 Å². The van der Waals surface area contributed by atoms with Gasteiger partial charge in [-0.25, -0.2) is 0 Å². The van der Waals surface area contributed by atoms with Crippen molar-refractivity contribution in [2.45, 2.75) is 51.9 Å². The van der Waals surface area contributed by atoms with Crippen LogP contribution in [-0.2, 0) is 17.4 Å². The Morgan fingerprint density at radius 1 is 0.833 bits per heavy atom. The van der Waals surface area contributed by atoms with Crippen LogP contribution in [0, 0.1) is 5.41 Å². The number of rotatable bonds is 9. The van der Waals surface area contributed by atoms with Crippen molar-refractivity contribution in [3.63, 3.8) is 0 Å². The second-order valence-electron chi connectivity index (χ2n) is 8.81. The monoisotopic (exact) mass is 435 g/mol. The number of methoxy groups -OCH3 is 2. The van der Waals surface area contributed by atoms with Crippen molar-refractivity contribution in [1.29, 1.82) is 0 Å². The zero-order chi connectivity index (χ0) is 22.6. The summed E-state index contributed by atoms with van der Waals surface area (Å²) in [7, 11) is -1.20. The highest BCUT2D eigenvalue weighted by Crippen LogP contribution is 2.57. The number of benzene rings is 2. The average molecular weight is 436 g/mol. The standard InChI is InChI=1S/C23H34NO5P/c1-22(2,3)23(4,30(25,26)27)24-19(15-17-7-11-20(28-5)12-8-17)16-18-9-13-21(29-6)14-10-18/h7-14,19,24H,15-16H2,1-6H3,(H2,25,26,27). The Morgan fingerprint density at radius 2 is 1.20 bits per heavy atom. The minimum absolute atomic E-state index is 0.191. The van der Waals surface area contributed by atoms with Crippen LogP contribution >= 0.6 is 7.60 Å². The maximum absolute atomic E-state index is 12.5. The highest BCUT2D eigenvalue weighted by Gasteiger charge is 2.52. The molecule has 0 aliphatic carbocycles. The first-order valence-electron chi connectivity index (χ1n) is 9.99. The van der Waals surface area contributed by atoms with E-state index in [9.17, 15) is 14.4 Å². The van der Waals surface area contributed by atoms with Crippen molar-refractivity contribution >= 4 is 7.60 Å². The molecule has 0 fully saturated rings. The Bertz CT molecular complexity index is 805. The van der Waals surface area contributed by atoms with Gasteiger partial charge < -0.3 is 19.3 Å².